The number of rotatable bonds is 8. The molecule has 0 radical (unpaired) electrons. The van der Waals surface area contributed by atoms with Gasteiger partial charge in [0, 0.05) is 11.6 Å². The zero-order valence-electron chi connectivity index (χ0n) is 12.1. The maximum Gasteiger partial charge on any atom is 0.0432 e. The van der Waals surface area contributed by atoms with Gasteiger partial charge in [0.25, 0.3) is 0 Å². The fraction of sp³-hybridized carbons (Fsp3) is 0.714. The van der Waals surface area contributed by atoms with Gasteiger partial charge in [-0.2, -0.15) is 11.3 Å². The Kier molecular flexibility index (Phi) is 6.29. The van der Waals surface area contributed by atoms with Crippen molar-refractivity contribution in [1.82, 2.24) is 10.3 Å². The van der Waals surface area contributed by atoms with Crippen LogP contribution >= 0.6 is 11.3 Å². The number of thiophene rings is 1. The molecule has 1 rings (SSSR count). The monoisotopic (exact) mass is 269 g/mol. The normalized spacial score (nSPS) is 16.8. The number of nitrogens with zero attached hydrogens (tertiary/aromatic N) is 1. The molecular formula is C14H27N3S. The second-order valence-corrected chi connectivity index (χ2v) is 5.72. The standard InChI is InChI=1S/C14H27N3S/c1-5-14(4,17(6-2)7-3)13(16-15)10-12-8-9-18-11-12/h8-9,11,13,16H,5-7,10,15H2,1-4H3. The van der Waals surface area contributed by atoms with E-state index in [4.69, 9.17) is 5.84 Å². The summed E-state index contributed by atoms with van der Waals surface area (Å²) in [7, 11) is 0. The zero-order chi connectivity index (χ0) is 13.6. The molecule has 4 heteroatoms. The molecule has 0 amide bonds. The molecule has 0 aliphatic carbocycles. The number of hydrogen-bond donors (Lipinski definition) is 2. The number of nitrogens with two attached hydrogens (primary N) is 1. The molecule has 0 fully saturated rings. The Morgan fingerprint density at radius 3 is 2.44 bits per heavy atom. The van der Waals surface area contributed by atoms with E-state index in [0.29, 0.717) is 0 Å². The highest BCUT2D eigenvalue weighted by atomic mass is 32.1. The van der Waals surface area contributed by atoms with Crippen molar-refractivity contribution in [3.05, 3.63) is 22.4 Å². The second kappa shape index (κ2) is 7.24. The van der Waals surface area contributed by atoms with Crippen molar-refractivity contribution in [3.63, 3.8) is 0 Å². The molecule has 0 spiro atoms. The van der Waals surface area contributed by atoms with Gasteiger partial charge in [-0.05, 0) is 55.2 Å². The van der Waals surface area contributed by atoms with Crippen molar-refractivity contribution < 1.29 is 0 Å². The van der Waals surface area contributed by atoms with Crippen molar-refractivity contribution in [3.8, 4) is 0 Å². The molecule has 2 atom stereocenters. The van der Waals surface area contributed by atoms with Gasteiger partial charge in [0.1, 0.15) is 0 Å². The maximum atomic E-state index is 5.82. The van der Waals surface area contributed by atoms with Crippen LogP contribution in [0.25, 0.3) is 0 Å². The van der Waals surface area contributed by atoms with E-state index in [1.54, 1.807) is 11.3 Å². The van der Waals surface area contributed by atoms with Crippen LogP contribution in [0.4, 0.5) is 0 Å². The lowest BCUT2D eigenvalue weighted by Gasteiger charge is -2.45. The lowest BCUT2D eigenvalue weighted by Crippen LogP contribution is -2.61. The fourth-order valence-electron chi connectivity index (χ4n) is 2.74. The second-order valence-electron chi connectivity index (χ2n) is 4.94. The molecule has 0 aliphatic heterocycles. The number of likely N-dealkylation sites (N-methyl/N-ethyl adjacent to an activating group) is 1. The lowest BCUT2D eigenvalue weighted by atomic mass is 9.84. The van der Waals surface area contributed by atoms with E-state index in [-0.39, 0.29) is 11.6 Å². The molecule has 1 heterocycles. The third-order valence-corrected chi connectivity index (χ3v) is 4.91. The quantitative estimate of drug-likeness (QED) is 0.563. The van der Waals surface area contributed by atoms with Crippen molar-refractivity contribution >= 4 is 11.3 Å². The summed E-state index contributed by atoms with van der Waals surface area (Å²) >= 11 is 1.75. The molecule has 0 aromatic carbocycles. The Hall–Kier alpha value is -0.420. The topological polar surface area (TPSA) is 41.3 Å². The van der Waals surface area contributed by atoms with Crippen LogP contribution in [-0.4, -0.2) is 29.6 Å². The molecule has 1 aromatic heterocycles. The number of nitrogens with one attached hydrogen (secondary N) is 1. The summed E-state index contributed by atoms with van der Waals surface area (Å²) < 4.78 is 0. The molecule has 3 nitrogen and oxygen atoms in total. The molecule has 0 bridgehead atoms. The number of hydrogen-bond acceptors (Lipinski definition) is 4. The largest absolute Gasteiger partial charge is 0.297 e. The van der Waals surface area contributed by atoms with E-state index in [2.05, 4.69) is 54.8 Å². The Labute approximate surface area is 115 Å². The van der Waals surface area contributed by atoms with Crippen LogP contribution in [0.5, 0.6) is 0 Å². The third kappa shape index (κ3) is 3.32. The minimum atomic E-state index is 0.0974. The Balaban J connectivity index is 2.87. The summed E-state index contributed by atoms with van der Waals surface area (Å²) in [5.74, 6) is 5.82. The van der Waals surface area contributed by atoms with Gasteiger partial charge in [-0.15, -0.1) is 0 Å². The van der Waals surface area contributed by atoms with Crippen LogP contribution in [0.2, 0.25) is 0 Å². The van der Waals surface area contributed by atoms with Crippen LogP contribution in [0.3, 0.4) is 0 Å². The Morgan fingerprint density at radius 2 is 2.06 bits per heavy atom. The van der Waals surface area contributed by atoms with Gasteiger partial charge in [-0.3, -0.25) is 16.2 Å². The third-order valence-electron chi connectivity index (χ3n) is 4.17. The van der Waals surface area contributed by atoms with Crippen LogP contribution in [0, 0.1) is 0 Å². The van der Waals surface area contributed by atoms with Gasteiger partial charge in [0.2, 0.25) is 0 Å². The molecule has 18 heavy (non-hydrogen) atoms. The molecule has 1 aromatic rings. The van der Waals surface area contributed by atoms with Gasteiger partial charge in [-0.25, -0.2) is 0 Å². The molecule has 0 aliphatic rings. The van der Waals surface area contributed by atoms with E-state index < -0.39 is 0 Å². The Bertz CT molecular complexity index is 322. The molecule has 0 saturated heterocycles. The highest BCUT2D eigenvalue weighted by Crippen LogP contribution is 2.26. The van der Waals surface area contributed by atoms with Gasteiger partial charge in [-0.1, -0.05) is 20.8 Å². The maximum absolute atomic E-state index is 5.82. The minimum Gasteiger partial charge on any atom is -0.297 e. The van der Waals surface area contributed by atoms with Gasteiger partial charge < -0.3 is 0 Å². The fourth-order valence-corrected chi connectivity index (χ4v) is 3.42. The molecule has 3 N–H and O–H groups in total. The molecule has 104 valence electrons. The van der Waals surface area contributed by atoms with Gasteiger partial charge >= 0.3 is 0 Å². The average molecular weight is 269 g/mol. The van der Waals surface area contributed by atoms with E-state index in [1.807, 2.05) is 0 Å². The van der Waals surface area contributed by atoms with E-state index in [0.717, 1.165) is 25.9 Å². The summed E-state index contributed by atoms with van der Waals surface area (Å²) in [5.41, 5.74) is 4.51. The summed E-state index contributed by atoms with van der Waals surface area (Å²) in [6, 6.07) is 2.46. The first kappa shape index (κ1) is 15.6. The molecule has 2 unspecified atom stereocenters. The zero-order valence-corrected chi connectivity index (χ0v) is 12.9. The molecular weight excluding hydrogens is 242 g/mol. The predicted molar refractivity (Wildman–Crippen MR) is 80.8 cm³/mol. The van der Waals surface area contributed by atoms with Crippen molar-refractivity contribution in [2.24, 2.45) is 5.84 Å². The summed E-state index contributed by atoms with van der Waals surface area (Å²) in [5, 5.41) is 4.34. The van der Waals surface area contributed by atoms with Gasteiger partial charge in [0.05, 0.1) is 0 Å². The first-order chi connectivity index (χ1) is 8.62. The highest BCUT2D eigenvalue weighted by Gasteiger charge is 2.36. The Morgan fingerprint density at radius 1 is 1.39 bits per heavy atom. The average Bonchev–Trinajstić information content (AvgIpc) is 2.89. The smallest absolute Gasteiger partial charge is 0.0432 e. The summed E-state index contributed by atoms with van der Waals surface area (Å²) in [4.78, 5) is 2.50. The van der Waals surface area contributed by atoms with Crippen LogP contribution in [-0.2, 0) is 6.42 Å². The SMILES string of the molecule is CCN(CC)C(C)(CC)C(Cc1ccsc1)NN. The van der Waals surface area contributed by atoms with Crippen LogP contribution < -0.4 is 11.3 Å². The summed E-state index contributed by atoms with van der Waals surface area (Å²) in [6.45, 7) is 11.1. The van der Waals surface area contributed by atoms with Crippen molar-refractivity contribution in [1.29, 1.82) is 0 Å². The molecule has 0 saturated carbocycles. The van der Waals surface area contributed by atoms with Crippen molar-refractivity contribution in [2.75, 3.05) is 13.1 Å². The van der Waals surface area contributed by atoms with Crippen LogP contribution in [0.1, 0.15) is 39.7 Å². The lowest BCUT2D eigenvalue weighted by molar-refractivity contribution is 0.0701. The van der Waals surface area contributed by atoms with Gasteiger partial charge in [0.15, 0.2) is 0 Å². The first-order valence-electron chi connectivity index (χ1n) is 6.84. The summed E-state index contributed by atoms with van der Waals surface area (Å²) in [6.07, 6.45) is 2.08. The van der Waals surface area contributed by atoms with Crippen LogP contribution in [0.15, 0.2) is 16.8 Å². The minimum absolute atomic E-state index is 0.0974. The van der Waals surface area contributed by atoms with E-state index >= 15 is 0 Å². The van der Waals surface area contributed by atoms with Crippen molar-refractivity contribution in [2.45, 2.75) is 52.1 Å². The predicted octanol–water partition coefficient (Wildman–Crippen LogP) is 2.63. The van der Waals surface area contributed by atoms with E-state index in [1.165, 1.54) is 5.56 Å². The van der Waals surface area contributed by atoms with E-state index in [9.17, 15) is 0 Å². The number of hydrazine groups is 1. The highest BCUT2D eigenvalue weighted by molar-refractivity contribution is 7.07. The first-order valence-corrected chi connectivity index (χ1v) is 7.78.